The molecule has 0 radical (unpaired) electrons. The highest BCUT2D eigenvalue weighted by atomic mass is 16.5. The molecule has 0 saturated carbocycles. The standard InChI is InChI=1S/C28H38N2O7/c1-17(23(32)22-20(31)14-16-30(4)28(22)35)11-7-6-8-13-21-24(33)25(34)27(37-21)19(3)26(36-5)18(2)12-9-10-15-29/h6-14,16,19,21,24-27,31,33-34H,15,29H2,1-5H3/b7-6+,10-9+,13-8+,17-11+,18-12+/t19-,21-,24+,25+,26-,27+/m1/s1. The van der Waals surface area contributed by atoms with Crippen molar-refractivity contribution in [3.8, 4) is 5.75 Å². The number of hydrogen-bond donors (Lipinski definition) is 4. The summed E-state index contributed by atoms with van der Waals surface area (Å²) < 4.78 is 12.8. The van der Waals surface area contributed by atoms with Crippen LogP contribution in [0.1, 0.15) is 31.1 Å². The minimum absolute atomic E-state index is 0.246. The molecule has 37 heavy (non-hydrogen) atoms. The first-order chi connectivity index (χ1) is 17.5. The summed E-state index contributed by atoms with van der Waals surface area (Å²) in [7, 11) is 3.08. The SMILES string of the molecule is CO[C@H](/C(C)=C/C=C/CN)[C@@H](C)[C@@H]1O[C@H](/C=C/C=C/C=C(\C)C(=O)c2c(O)ccn(C)c2=O)[C@H](O)[C@@H]1O. The Labute approximate surface area is 217 Å². The number of aromatic nitrogens is 1. The highest BCUT2D eigenvalue weighted by molar-refractivity contribution is 6.09. The lowest BCUT2D eigenvalue weighted by Crippen LogP contribution is -2.40. The van der Waals surface area contributed by atoms with E-state index < -0.39 is 35.8 Å². The van der Waals surface area contributed by atoms with E-state index in [1.807, 2.05) is 32.1 Å². The van der Waals surface area contributed by atoms with Crippen molar-refractivity contribution in [3.63, 3.8) is 0 Å². The summed E-state index contributed by atoms with van der Waals surface area (Å²) >= 11 is 0. The van der Waals surface area contributed by atoms with Crippen LogP contribution in [0.15, 0.2) is 76.8 Å². The number of hydrogen-bond acceptors (Lipinski definition) is 8. The number of pyridine rings is 1. The van der Waals surface area contributed by atoms with Gasteiger partial charge in [0, 0.05) is 32.8 Å². The van der Waals surface area contributed by atoms with Crippen molar-refractivity contribution in [1.82, 2.24) is 4.57 Å². The van der Waals surface area contributed by atoms with E-state index in [4.69, 9.17) is 15.2 Å². The fourth-order valence-corrected chi connectivity index (χ4v) is 4.25. The summed E-state index contributed by atoms with van der Waals surface area (Å²) in [6.07, 6.45) is 11.0. The second-order valence-electron chi connectivity index (χ2n) is 9.08. The van der Waals surface area contributed by atoms with Gasteiger partial charge < -0.3 is 35.1 Å². The van der Waals surface area contributed by atoms with Crippen LogP contribution in [0.25, 0.3) is 0 Å². The maximum absolute atomic E-state index is 12.6. The van der Waals surface area contributed by atoms with Crippen LogP contribution in [0.3, 0.4) is 0 Å². The molecule has 0 unspecified atom stereocenters. The number of carbonyl (C=O) groups excluding carboxylic acids is 1. The van der Waals surface area contributed by atoms with Crippen LogP contribution < -0.4 is 11.3 Å². The number of Topliss-reactive ketones (excluding diaryl/α,β-unsaturated/α-hetero) is 1. The van der Waals surface area contributed by atoms with Gasteiger partial charge in [-0.25, -0.2) is 0 Å². The molecular formula is C28H38N2O7. The quantitative estimate of drug-likeness (QED) is 0.199. The van der Waals surface area contributed by atoms with Crippen molar-refractivity contribution in [2.75, 3.05) is 13.7 Å². The first-order valence-electron chi connectivity index (χ1n) is 12.1. The second-order valence-corrected chi connectivity index (χ2v) is 9.08. The molecule has 1 aliphatic rings. The van der Waals surface area contributed by atoms with Crippen molar-refractivity contribution >= 4 is 5.78 Å². The molecule has 6 atom stereocenters. The summed E-state index contributed by atoms with van der Waals surface area (Å²) in [5.74, 6) is -1.19. The van der Waals surface area contributed by atoms with Crippen LogP contribution in [0.4, 0.5) is 0 Å². The van der Waals surface area contributed by atoms with E-state index in [1.54, 1.807) is 38.3 Å². The topological polar surface area (TPSA) is 144 Å². The molecule has 9 heteroatoms. The minimum atomic E-state index is -1.12. The van der Waals surface area contributed by atoms with E-state index >= 15 is 0 Å². The Balaban J connectivity index is 2.07. The maximum Gasteiger partial charge on any atom is 0.265 e. The second kappa shape index (κ2) is 14.0. The highest BCUT2D eigenvalue weighted by Crippen LogP contribution is 2.32. The monoisotopic (exact) mass is 514 g/mol. The molecule has 1 aromatic heterocycles. The Morgan fingerprint density at radius 3 is 2.54 bits per heavy atom. The number of nitrogens with zero attached hydrogens (tertiary/aromatic N) is 1. The van der Waals surface area contributed by atoms with E-state index in [-0.39, 0.29) is 28.9 Å². The highest BCUT2D eigenvalue weighted by Gasteiger charge is 2.45. The van der Waals surface area contributed by atoms with Gasteiger partial charge in [-0.1, -0.05) is 55.5 Å². The number of rotatable bonds is 11. The van der Waals surface area contributed by atoms with E-state index in [1.165, 1.54) is 30.0 Å². The Hall–Kier alpha value is -3.08. The number of carbonyl (C=O) groups is 1. The van der Waals surface area contributed by atoms with Gasteiger partial charge in [0.2, 0.25) is 0 Å². The van der Waals surface area contributed by atoms with Gasteiger partial charge in [-0.3, -0.25) is 9.59 Å². The predicted molar refractivity (Wildman–Crippen MR) is 142 cm³/mol. The van der Waals surface area contributed by atoms with E-state index in [0.717, 1.165) is 5.57 Å². The molecule has 2 rings (SSSR count). The number of aromatic hydroxyl groups is 1. The fourth-order valence-electron chi connectivity index (χ4n) is 4.25. The Morgan fingerprint density at radius 1 is 1.19 bits per heavy atom. The number of aliphatic hydroxyl groups excluding tert-OH is 2. The molecule has 202 valence electrons. The average Bonchev–Trinajstić information content (AvgIpc) is 3.15. The molecular weight excluding hydrogens is 476 g/mol. The summed E-state index contributed by atoms with van der Waals surface area (Å²) in [5.41, 5.74) is 5.82. The third kappa shape index (κ3) is 7.47. The van der Waals surface area contributed by atoms with Crippen LogP contribution in [0.2, 0.25) is 0 Å². The number of methoxy groups -OCH3 is 1. The number of ether oxygens (including phenoxy) is 2. The molecule has 0 aromatic carbocycles. The fraction of sp³-hybridized carbons (Fsp3) is 0.429. The van der Waals surface area contributed by atoms with Crippen molar-refractivity contribution < 1.29 is 29.6 Å². The molecule has 2 heterocycles. The first kappa shape index (κ1) is 30.1. The van der Waals surface area contributed by atoms with Crippen molar-refractivity contribution in [2.24, 2.45) is 18.7 Å². The zero-order chi connectivity index (χ0) is 27.7. The summed E-state index contributed by atoms with van der Waals surface area (Å²) in [5, 5.41) is 31.1. The van der Waals surface area contributed by atoms with Gasteiger partial charge in [-0.05, 0) is 31.1 Å². The van der Waals surface area contributed by atoms with Crippen LogP contribution in [0, 0.1) is 5.92 Å². The van der Waals surface area contributed by atoms with Gasteiger partial charge in [0.1, 0.15) is 29.6 Å². The van der Waals surface area contributed by atoms with Crippen LogP contribution in [0.5, 0.6) is 5.75 Å². The van der Waals surface area contributed by atoms with Crippen LogP contribution >= 0.6 is 0 Å². The normalized spacial score (nSPS) is 25.0. The molecule has 5 N–H and O–H groups in total. The molecule has 0 spiro atoms. The maximum atomic E-state index is 12.6. The first-order valence-corrected chi connectivity index (χ1v) is 12.1. The van der Waals surface area contributed by atoms with Gasteiger partial charge in [-0.15, -0.1) is 0 Å². The number of allylic oxidation sites excluding steroid dienone is 7. The number of ketones is 1. The van der Waals surface area contributed by atoms with E-state index in [9.17, 15) is 24.9 Å². The summed E-state index contributed by atoms with van der Waals surface area (Å²) in [6.45, 7) is 5.79. The lowest BCUT2D eigenvalue weighted by atomic mass is 9.89. The largest absolute Gasteiger partial charge is 0.507 e. The van der Waals surface area contributed by atoms with Crippen molar-refractivity contribution in [2.45, 2.75) is 51.3 Å². The molecule has 0 bridgehead atoms. The van der Waals surface area contributed by atoms with Gasteiger partial charge >= 0.3 is 0 Å². The lowest BCUT2D eigenvalue weighted by Gasteiger charge is -2.29. The van der Waals surface area contributed by atoms with Gasteiger partial charge in [0.05, 0.1) is 12.2 Å². The number of nitrogens with two attached hydrogens (primary N) is 1. The zero-order valence-corrected chi connectivity index (χ0v) is 21.9. The summed E-state index contributed by atoms with van der Waals surface area (Å²) in [4.78, 5) is 24.8. The number of aryl methyl sites for hydroxylation is 1. The molecule has 1 aliphatic heterocycles. The van der Waals surface area contributed by atoms with Crippen LogP contribution in [-0.2, 0) is 16.5 Å². The minimum Gasteiger partial charge on any atom is -0.507 e. The van der Waals surface area contributed by atoms with Crippen molar-refractivity contribution in [3.05, 3.63) is 87.9 Å². The van der Waals surface area contributed by atoms with E-state index in [0.29, 0.717) is 6.54 Å². The molecule has 1 aromatic rings. The molecule has 1 saturated heterocycles. The molecule has 9 nitrogen and oxygen atoms in total. The summed E-state index contributed by atoms with van der Waals surface area (Å²) in [6, 6.07) is 1.29. The Morgan fingerprint density at radius 2 is 1.89 bits per heavy atom. The molecule has 0 amide bonds. The zero-order valence-electron chi connectivity index (χ0n) is 21.9. The predicted octanol–water partition coefficient (Wildman–Crippen LogP) is 1.93. The smallest absolute Gasteiger partial charge is 0.265 e. The molecule has 0 aliphatic carbocycles. The van der Waals surface area contributed by atoms with Gasteiger partial charge in [0.15, 0.2) is 5.78 Å². The Kier molecular flexibility index (Phi) is 11.4. The lowest BCUT2D eigenvalue weighted by molar-refractivity contribution is -0.0515. The third-order valence-corrected chi connectivity index (χ3v) is 6.37. The Bertz CT molecular complexity index is 1150. The van der Waals surface area contributed by atoms with E-state index in [2.05, 4.69) is 0 Å². The van der Waals surface area contributed by atoms with Crippen LogP contribution in [-0.4, -0.2) is 69.8 Å². The number of aliphatic hydroxyl groups is 2. The average molecular weight is 515 g/mol. The third-order valence-electron chi connectivity index (χ3n) is 6.37. The molecule has 1 fully saturated rings. The van der Waals surface area contributed by atoms with Gasteiger partial charge in [0.25, 0.3) is 5.56 Å². The van der Waals surface area contributed by atoms with Crippen molar-refractivity contribution in [1.29, 1.82) is 0 Å². The van der Waals surface area contributed by atoms with Gasteiger partial charge in [-0.2, -0.15) is 0 Å².